The second-order valence-electron chi connectivity index (χ2n) is 5.89. The minimum absolute atomic E-state index is 0.356. The van der Waals surface area contributed by atoms with Gasteiger partial charge in [0.2, 0.25) is 0 Å². The normalized spacial score (nSPS) is 22.9. The highest BCUT2D eigenvalue weighted by atomic mass is 16.3. The second-order valence-corrected chi connectivity index (χ2v) is 5.89. The zero-order valence-electron chi connectivity index (χ0n) is 12.3. The maximum absolute atomic E-state index is 9.37. The third kappa shape index (κ3) is 3.97. The summed E-state index contributed by atoms with van der Waals surface area (Å²) in [4.78, 5) is 2.60. The fourth-order valence-corrected chi connectivity index (χ4v) is 3.24. The fraction of sp³-hybridized carbons (Fsp3) is 0.647. The molecule has 106 valence electrons. The van der Waals surface area contributed by atoms with Crippen LogP contribution in [0.2, 0.25) is 0 Å². The molecule has 1 aromatic rings. The number of phenols is 1. The molecule has 2 rings (SSSR count). The van der Waals surface area contributed by atoms with Gasteiger partial charge in [0.25, 0.3) is 0 Å². The van der Waals surface area contributed by atoms with Crippen molar-refractivity contribution >= 4 is 0 Å². The van der Waals surface area contributed by atoms with Gasteiger partial charge in [0.15, 0.2) is 0 Å². The molecule has 0 aliphatic carbocycles. The molecule has 2 nitrogen and oxygen atoms in total. The summed E-state index contributed by atoms with van der Waals surface area (Å²) in [5.41, 5.74) is 1.31. The maximum atomic E-state index is 9.37. The van der Waals surface area contributed by atoms with Crippen molar-refractivity contribution < 1.29 is 5.11 Å². The highest BCUT2D eigenvalue weighted by molar-refractivity contribution is 5.27. The summed E-state index contributed by atoms with van der Waals surface area (Å²) in [6, 6.07) is 8.15. The first-order valence-corrected chi connectivity index (χ1v) is 7.73. The van der Waals surface area contributed by atoms with Crippen LogP contribution in [-0.4, -0.2) is 23.1 Å². The molecule has 0 spiro atoms. The van der Waals surface area contributed by atoms with Crippen molar-refractivity contribution in [2.24, 2.45) is 5.92 Å². The zero-order chi connectivity index (χ0) is 13.7. The predicted octanol–water partition coefficient (Wildman–Crippen LogP) is 4.36. The van der Waals surface area contributed by atoms with Gasteiger partial charge in [-0.1, -0.05) is 31.9 Å². The molecule has 2 heteroatoms. The summed E-state index contributed by atoms with van der Waals surface area (Å²) in [6.07, 6.45) is 6.77. The van der Waals surface area contributed by atoms with Crippen LogP contribution >= 0.6 is 0 Å². The van der Waals surface area contributed by atoms with Crippen LogP contribution < -0.4 is 0 Å². The van der Waals surface area contributed by atoms with Crippen LogP contribution in [0.1, 0.15) is 57.6 Å². The standard InChI is InChI=1S/C17H27NO/c1-3-5-15-6-4-12-18(13-11-15)14(2)16-7-9-17(19)10-8-16/h7-10,14-15,19H,3-6,11-13H2,1-2H3. The van der Waals surface area contributed by atoms with Gasteiger partial charge >= 0.3 is 0 Å². The van der Waals surface area contributed by atoms with Crippen LogP contribution in [0.25, 0.3) is 0 Å². The lowest BCUT2D eigenvalue weighted by Crippen LogP contribution is -2.28. The van der Waals surface area contributed by atoms with Gasteiger partial charge < -0.3 is 5.11 Å². The number of rotatable bonds is 4. The van der Waals surface area contributed by atoms with Gasteiger partial charge in [-0.15, -0.1) is 0 Å². The Hall–Kier alpha value is -1.02. The van der Waals surface area contributed by atoms with E-state index in [9.17, 15) is 5.11 Å². The van der Waals surface area contributed by atoms with Crippen LogP contribution in [0.5, 0.6) is 5.75 Å². The molecular weight excluding hydrogens is 234 g/mol. The molecule has 1 fully saturated rings. The molecule has 19 heavy (non-hydrogen) atoms. The highest BCUT2D eigenvalue weighted by Crippen LogP contribution is 2.28. The van der Waals surface area contributed by atoms with Crippen LogP contribution in [0, 0.1) is 5.92 Å². The van der Waals surface area contributed by atoms with E-state index in [1.807, 2.05) is 0 Å². The van der Waals surface area contributed by atoms with Gasteiger partial charge in [-0.05, 0) is 62.9 Å². The van der Waals surface area contributed by atoms with Gasteiger partial charge in [0.1, 0.15) is 5.75 Å². The molecule has 0 radical (unpaired) electrons. The smallest absolute Gasteiger partial charge is 0.115 e. The third-order valence-corrected chi connectivity index (χ3v) is 4.50. The van der Waals surface area contributed by atoms with E-state index in [-0.39, 0.29) is 0 Å². The first kappa shape index (κ1) is 14.4. The highest BCUT2D eigenvalue weighted by Gasteiger charge is 2.21. The summed E-state index contributed by atoms with van der Waals surface area (Å²) in [7, 11) is 0. The van der Waals surface area contributed by atoms with Crippen molar-refractivity contribution in [3.05, 3.63) is 29.8 Å². The molecule has 1 aromatic carbocycles. The Morgan fingerprint density at radius 2 is 1.95 bits per heavy atom. The van der Waals surface area contributed by atoms with E-state index in [0.717, 1.165) is 5.92 Å². The Morgan fingerprint density at radius 3 is 2.63 bits per heavy atom. The Kier molecular flexibility index (Phi) is 5.26. The van der Waals surface area contributed by atoms with Gasteiger partial charge in [-0.3, -0.25) is 4.90 Å². The van der Waals surface area contributed by atoms with Crippen molar-refractivity contribution in [3.63, 3.8) is 0 Å². The van der Waals surface area contributed by atoms with Gasteiger partial charge in [0, 0.05) is 6.04 Å². The van der Waals surface area contributed by atoms with Crippen molar-refractivity contribution in [1.29, 1.82) is 0 Å². The van der Waals surface area contributed by atoms with Crippen LogP contribution in [0.3, 0.4) is 0 Å². The molecule has 1 heterocycles. The van der Waals surface area contributed by atoms with Gasteiger partial charge in [-0.25, -0.2) is 0 Å². The van der Waals surface area contributed by atoms with E-state index in [1.165, 1.54) is 50.8 Å². The molecule has 2 unspecified atom stereocenters. The van der Waals surface area contributed by atoms with Crippen LogP contribution in [-0.2, 0) is 0 Å². The van der Waals surface area contributed by atoms with E-state index in [4.69, 9.17) is 0 Å². The predicted molar refractivity (Wildman–Crippen MR) is 80.3 cm³/mol. The van der Waals surface area contributed by atoms with Crippen molar-refractivity contribution in [2.45, 2.75) is 52.0 Å². The second kappa shape index (κ2) is 6.95. The zero-order valence-corrected chi connectivity index (χ0v) is 12.3. The molecule has 1 aliphatic heterocycles. The first-order chi connectivity index (χ1) is 9.20. The fourth-order valence-electron chi connectivity index (χ4n) is 3.24. The molecule has 0 aromatic heterocycles. The lowest BCUT2D eigenvalue weighted by atomic mass is 9.96. The van der Waals surface area contributed by atoms with E-state index in [1.54, 1.807) is 12.1 Å². The molecule has 0 amide bonds. The number of phenolic OH excluding ortho intramolecular Hbond substituents is 1. The molecule has 1 saturated heterocycles. The van der Waals surface area contributed by atoms with Gasteiger partial charge in [0.05, 0.1) is 0 Å². The molecular formula is C17H27NO. The number of hydrogen-bond donors (Lipinski definition) is 1. The Labute approximate surface area is 117 Å². The van der Waals surface area contributed by atoms with Crippen molar-refractivity contribution in [3.8, 4) is 5.75 Å². The minimum Gasteiger partial charge on any atom is -0.508 e. The Bertz CT molecular complexity index is 373. The van der Waals surface area contributed by atoms with E-state index >= 15 is 0 Å². The van der Waals surface area contributed by atoms with Crippen LogP contribution in [0.15, 0.2) is 24.3 Å². The molecule has 1 aliphatic rings. The number of nitrogens with zero attached hydrogens (tertiary/aromatic N) is 1. The van der Waals surface area contributed by atoms with E-state index in [2.05, 4.69) is 30.9 Å². The average molecular weight is 261 g/mol. The molecule has 0 bridgehead atoms. The van der Waals surface area contributed by atoms with E-state index < -0.39 is 0 Å². The van der Waals surface area contributed by atoms with Crippen molar-refractivity contribution in [1.82, 2.24) is 4.90 Å². The minimum atomic E-state index is 0.356. The number of hydrogen-bond acceptors (Lipinski definition) is 2. The maximum Gasteiger partial charge on any atom is 0.115 e. The monoisotopic (exact) mass is 261 g/mol. The van der Waals surface area contributed by atoms with Gasteiger partial charge in [-0.2, -0.15) is 0 Å². The lowest BCUT2D eigenvalue weighted by molar-refractivity contribution is 0.215. The quantitative estimate of drug-likeness (QED) is 0.870. The largest absolute Gasteiger partial charge is 0.508 e. The topological polar surface area (TPSA) is 23.5 Å². The van der Waals surface area contributed by atoms with Crippen LogP contribution in [0.4, 0.5) is 0 Å². The summed E-state index contributed by atoms with van der Waals surface area (Å²) in [5.74, 6) is 1.29. The Morgan fingerprint density at radius 1 is 1.21 bits per heavy atom. The summed E-state index contributed by atoms with van der Waals surface area (Å²) >= 11 is 0. The molecule has 1 N–H and O–H groups in total. The number of benzene rings is 1. The SMILES string of the molecule is CCCC1CCCN(C(C)c2ccc(O)cc2)CC1. The average Bonchev–Trinajstić information content (AvgIpc) is 2.65. The summed E-state index contributed by atoms with van der Waals surface area (Å²) < 4.78 is 0. The summed E-state index contributed by atoms with van der Waals surface area (Å²) in [6.45, 7) is 7.00. The molecule has 2 atom stereocenters. The number of likely N-dealkylation sites (tertiary alicyclic amines) is 1. The molecule has 0 saturated carbocycles. The first-order valence-electron chi connectivity index (χ1n) is 7.73. The van der Waals surface area contributed by atoms with Crippen molar-refractivity contribution in [2.75, 3.05) is 13.1 Å². The lowest BCUT2D eigenvalue weighted by Gasteiger charge is -2.28. The van der Waals surface area contributed by atoms with E-state index in [0.29, 0.717) is 11.8 Å². The number of aromatic hydroxyl groups is 1. The third-order valence-electron chi connectivity index (χ3n) is 4.50. The Balaban J connectivity index is 1.95. The summed E-state index contributed by atoms with van der Waals surface area (Å²) in [5, 5.41) is 9.37.